The zero-order valence-corrected chi connectivity index (χ0v) is 19.8. The first kappa shape index (κ1) is 22.2. The van der Waals surface area contributed by atoms with Crippen molar-refractivity contribution in [3.63, 3.8) is 0 Å². The monoisotopic (exact) mass is 434 g/mol. The number of rotatable bonds is 4. The molecule has 0 N–H and O–H groups in total. The van der Waals surface area contributed by atoms with Crippen LogP contribution < -0.4 is 20.1 Å². The van der Waals surface area contributed by atoms with Crippen molar-refractivity contribution in [2.24, 2.45) is 11.8 Å². The van der Waals surface area contributed by atoms with E-state index in [1.807, 2.05) is 49.5 Å². The fourth-order valence-electron chi connectivity index (χ4n) is 4.53. The van der Waals surface area contributed by atoms with Crippen LogP contribution in [0.2, 0.25) is 0 Å². The molecule has 2 atom stereocenters. The standard InChI is InChI=1S/C26H34N4O2/c1-18-7-6-13-29(14-12-19(18)2)21-9-11-25-27-22(16-26(31)30(25)17-21)20-8-10-24(32-5)23(15-20)28(3)4/h8-11,15-19H,6-7,12-14H2,1-5H3. The van der Waals surface area contributed by atoms with E-state index in [0.717, 1.165) is 47.6 Å². The summed E-state index contributed by atoms with van der Waals surface area (Å²) in [6, 6.07) is 11.5. The number of fused-ring (bicyclic) bond motifs is 1. The number of pyridine rings is 1. The first-order chi connectivity index (χ1) is 15.4. The summed E-state index contributed by atoms with van der Waals surface area (Å²) in [5, 5.41) is 0. The van der Waals surface area contributed by atoms with Gasteiger partial charge in [0.05, 0.1) is 24.2 Å². The molecule has 6 nitrogen and oxygen atoms in total. The third kappa shape index (κ3) is 4.45. The van der Waals surface area contributed by atoms with Gasteiger partial charge in [-0.1, -0.05) is 13.8 Å². The number of aromatic nitrogens is 2. The van der Waals surface area contributed by atoms with E-state index in [1.165, 1.54) is 19.3 Å². The highest BCUT2D eigenvalue weighted by Gasteiger charge is 2.19. The predicted octanol–water partition coefficient (Wildman–Crippen LogP) is 4.70. The van der Waals surface area contributed by atoms with Gasteiger partial charge in [-0.2, -0.15) is 0 Å². The Labute approximate surface area is 190 Å². The quantitative estimate of drug-likeness (QED) is 0.596. The van der Waals surface area contributed by atoms with E-state index >= 15 is 0 Å². The van der Waals surface area contributed by atoms with Crippen molar-refractivity contribution in [1.82, 2.24) is 9.38 Å². The van der Waals surface area contributed by atoms with Gasteiger partial charge in [-0.15, -0.1) is 0 Å². The number of ether oxygens (including phenoxy) is 1. The van der Waals surface area contributed by atoms with Crippen LogP contribution in [0.4, 0.5) is 11.4 Å². The Morgan fingerprint density at radius 3 is 2.56 bits per heavy atom. The molecule has 3 heterocycles. The lowest BCUT2D eigenvalue weighted by atomic mass is 9.87. The smallest absolute Gasteiger partial charge is 0.258 e. The first-order valence-corrected chi connectivity index (χ1v) is 11.5. The Hall–Kier alpha value is -3.02. The van der Waals surface area contributed by atoms with E-state index in [9.17, 15) is 4.79 Å². The van der Waals surface area contributed by atoms with E-state index in [0.29, 0.717) is 11.3 Å². The van der Waals surface area contributed by atoms with Gasteiger partial charge in [-0.3, -0.25) is 9.20 Å². The summed E-state index contributed by atoms with van der Waals surface area (Å²) in [5.41, 5.74) is 4.20. The summed E-state index contributed by atoms with van der Waals surface area (Å²) in [4.78, 5) is 22.2. The maximum absolute atomic E-state index is 13.0. The summed E-state index contributed by atoms with van der Waals surface area (Å²) in [6.07, 6.45) is 5.56. The van der Waals surface area contributed by atoms with Gasteiger partial charge in [-0.25, -0.2) is 4.98 Å². The molecule has 1 aliphatic heterocycles. The first-order valence-electron chi connectivity index (χ1n) is 11.5. The molecule has 0 amide bonds. The van der Waals surface area contributed by atoms with Gasteiger partial charge in [0.2, 0.25) is 0 Å². The van der Waals surface area contributed by atoms with Gasteiger partial charge >= 0.3 is 0 Å². The second kappa shape index (κ2) is 9.23. The van der Waals surface area contributed by atoms with Crippen LogP contribution in [0.3, 0.4) is 0 Å². The molecule has 2 unspecified atom stereocenters. The minimum absolute atomic E-state index is 0.0666. The zero-order chi connectivity index (χ0) is 22.8. The lowest BCUT2D eigenvalue weighted by molar-refractivity contribution is 0.322. The summed E-state index contributed by atoms with van der Waals surface area (Å²) < 4.78 is 7.13. The molecule has 1 aromatic carbocycles. The summed E-state index contributed by atoms with van der Waals surface area (Å²) >= 11 is 0. The number of hydrogen-bond acceptors (Lipinski definition) is 5. The minimum Gasteiger partial charge on any atom is -0.495 e. The summed E-state index contributed by atoms with van der Waals surface area (Å²) in [5.74, 6) is 2.30. The Balaban J connectivity index is 1.67. The van der Waals surface area contributed by atoms with Gasteiger partial charge in [0.15, 0.2) is 0 Å². The molecule has 1 saturated heterocycles. The highest BCUT2D eigenvalue weighted by atomic mass is 16.5. The highest BCUT2D eigenvalue weighted by molar-refractivity contribution is 5.71. The molecule has 0 saturated carbocycles. The predicted molar refractivity (Wildman–Crippen MR) is 132 cm³/mol. The van der Waals surface area contributed by atoms with Crippen LogP contribution in [-0.2, 0) is 0 Å². The van der Waals surface area contributed by atoms with Gasteiger partial charge < -0.3 is 14.5 Å². The number of nitrogens with zero attached hydrogens (tertiary/aromatic N) is 4. The van der Waals surface area contributed by atoms with Gasteiger partial charge in [0, 0.05) is 45.0 Å². The molecular weight excluding hydrogens is 400 g/mol. The molecule has 0 aliphatic carbocycles. The molecule has 3 aromatic rings. The lowest BCUT2D eigenvalue weighted by Gasteiger charge is -2.31. The van der Waals surface area contributed by atoms with Crippen LogP contribution in [0.1, 0.15) is 33.1 Å². The van der Waals surface area contributed by atoms with Crippen LogP contribution in [0, 0.1) is 11.8 Å². The van der Waals surface area contributed by atoms with Crippen molar-refractivity contribution in [1.29, 1.82) is 0 Å². The van der Waals surface area contributed by atoms with Gasteiger partial charge in [0.1, 0.15) is 11.4 Å². The fourth-order valence-corrected chi connectivity index (χ4v) is 4.53. The number of hydrogen-bond donors (Lipinski definition) is 0. The largest absolute Gasteiger partial charge is 0.495 e. The maximum atomic E-state index is 13.0. The Morgan fingerprint density at radius 1 is 1.03 bits per heavy atom. The molecule has 32 heavy (non-hydrogen) atoms. The van der Waals surface area contributed by atoms with Crippen LogP contribution >= 0.6 is 0 Å². The number of benzene rings is 1. The number of methoxy groups -OCH3 is 1. The van der Waals surface area contributed by atoms with Crippen molar-refractivity contribution in [2.75, 3.05) is 44.1 Å². The molecule has 0 bridgehead atoms. The zero-order valence-electron chi connectivity index (χ0n) is 19.8. The van der Waals surface area contributed by atoms with E-state index in [1.54, 1.807) is 17.6 Å². The van der Waals surface area contributed by atoms with Crippen molar-refractivity contribution < 1.29 is 4.74 Å². The highest BCUT2D eigenvalue weighted by Crippen LogP contribution is 2.32. The van der Waals surface area contributed by atoms with Crippen LogP contribution in [-0.4, -0.2) is 43.7 Å². The Kier molecular flexibility index (Phi) is 6.40. The van der Waals surface area contributed by atoms with E-state index < -0.39 is 0 Å². The van der Waals surface area contributed by atoms with E-state index in [4.69, 9.17) is 9.72 Å². The molecular formula is C26H34N4O2. The molecule has 4 rings (SSSR count). The lowest BCUT2D eigenvalue weighted by Crippen LogP contribution is -2.31. The third-order valence-corrected chi connectivity index (χ3v) is 6.88. The Bertz CT molecular complexity index is 1150. The van der Waals surface area contributed by atoms with Crippen molar-refractivity contribution in [2.45, 2.75) is 33.1 Å². The summed E-state index contributed by atoms with van der Waals surface area (Å²) in [7, 11) is 5.60. The van der Waals surface area contributed by atoms with Crippen LogP contribution in [0.5, 0.6) is 5.75 Å². The molecule has 1 aliphatic rings. The number of anilines is 2. The fraction of sp³-hybridized carbons (Fsp3) is 0.462. The van der Waals surface area contributed by atoms with Crippen molar-refractivity contribution in [3.8, 4) is 17.0 Å². The maximum Gasteiger partial charge on any atom is 0.258 e. The van der Waals surface area contributed by atoms with Gasteiger partial charge in [0.25, 0.3) is 5.56 Å². The van der Waals surface area contributed by atoms with E-state index in [-0.39, 0.29) is 5.56 Å². The molecule has 1 fully saturated rings. The normalized spacial score (nSPS) is 19.5. The second-order valence-electron chi connectivity index (χ2n) is 9.25. The van der Waals surface area contributed by atoms with Crippen molar-refractivity contribution in [3.05, 3.63) is 52.9 Å². The van der Waals surface area contributed by atoms with Crippen LogP contribution in [0.15, 0.2) is 47.4 Å². The van der Waals surface area contributed by atoms with Crippen LogP contribution in [0.25, 0.3) is 16.9 Å². The molecule has 0 spiro atoms. The molecule has 0 radical (unpaired) electrons. The van der Waals surface area contributed by atoms with Crippen molar-refractivity contribution >= 4 is 17.0 Å². The second-order valence-corrected chi connectivity index (χ2v) is 9.25. The SMILES string of the molecule is COc1ccc(-c2cc(=O)n3cc(N4CCCC(C)C(C)CC4)ccc3n2)cc1N(C)C. The topological polar surface area (TPSA) is 50.1 Å². The average molecular weight is 435 g/mol. The minimum atomic E-state index is -0.0666. The Morgan fingerprint density at radius 2 is 1.81 bits per heavy atom. The van der Waals surface area contributed by atoms with E-state index in [2.05, 4.69) is 24.8 Å². The molecule has 6 heteroatoms. The third-order valence-electron chi connectivity index (χ3n) is 6.88. The molecule has 170 valence electrons. The summed E-state index contributed by atoms with van der Waals surface area (Å²) in [6.45, 7) is 6.77. The average Bonchev–Trinajstić information content (AvgIpc) is 2.79. The molecule has 2 aromatic heterocycles. The van der Waals surface area contributed by atoms with Gasteiger partial charge in [-0.05, 0) is 61.4 Å².